The van der Waals surface area contributed by atoms with Gasteiger partial charge in [-0.2, -0.15) is 0 Å². The van der Waals surface area contributed by atoms with Crippen LogP contribution in [0.1, 0.15) is 0 Å². The molecule has 3 rings (SSSR count). The number of anilines is 2. The van der Waals surface area contributed by atoms with Gasteiger partial charge in [-0.15, -0.1) is 0 Å². The third kappa shape index (κ3) is 3.67. The van der Waals surface area contributed by atoms with Crippen LogP contribution in [0.25, 0.3) is 22.0 Å². The molecule has 7 heteroatoms. The second kappa shape index (κ2) is 7.53. The van der Waals surface area contributed by atoms with Crippen LogP contribution in [0, 0.1) is 5.82 Å². The molecule has 0 unspecified atom stereocenters. The number of likely N-dealkylation sites (N-methyl/N-ethyl adjacent to an activating group) is 1. The summed E-state index contributed by atoms with van der Waals surface area (Å²) in [6, 6.07) is 8.57. The molecule has 136 valence electrons. The molecule has 0 radical (unpaired) electrons. The molecule has 26 heavy (non-hydrogen) atoms. The van der Waals surface area contributed by atoms with Crippen molar-refractivity contribution in [3.8, 4) is 17.0 Å². The zero-order chi connectivity index (χ0) is 18.7. The number of hydrogen-bond acceptors (Lipinski definition) is 6. The summed E-state index contributed by atoms with van der Waals surface area (Å²) in [5.41, 5.74) is 6.71. The molecule has 0 amide bonds. The van der Waals surface area contributed by atoms with Crippen molar-refractivity contribution in [1.82, 2.24) is 14.9 Å². The van der Waals surface area contributed by atoms with Crippen molar-refractivity contribution in [2.75, 3.05) is 45.3 Å². The molecule has 3 N–H and O–H groups in total. The molecule has 6 nitrogen and oxygen atoms in total. The number of fused-ring (bicyclic) bond motifs is 1. The lowest BCUT2D eigenvalue weighted by molar-refractivity contribution is 0.387. The molecule has 0 atom stereocenters. The van der Waals surface area contributed by atoms with Crippen LogP contribution < -0.4 is 15.8 Å². The first-order valence-corrected chi connectivity index (χ1v) is 8.27. The number of nitrogen functional groups attached to an aromatic ring is 1. The van der Waals surface area contributed by atoms with E-state index >= 15 is 0 Å². The summed E-state index contributed by atoms with van der Waals surface area (Å²) in [4.78, 5) is 10.8. The number of rotatable bonds is 6. The van der Waals surface area contributed by atoms with Gasteiger partial charge < -0.3 is 20.7 Å². The number of ether oxygens (including phenoxy) is 1. The smallest absolute Gasteiger partial charge is 0.174 e. The molecule has 2 aromatic heterocycles. The van der Waals surface area contributed by atoms with Crippen molar-refractivity contribution in [3.63, 3.8) is 0 Å². The Kier molecular flexibility index (Phi) is 5.18. The van der Waals surface area contributed by atoms with E-state index in [0.29, 0.717) is 29.4 Å². The minimum Gasteiger partial charge on any atom is -0.494 e. The fraction of sp³-hybridized carbons (Fsp3) is 0.263. The molecule has 0 spiro atoms. The lowest BCUT2D eigenvalue weighted by Gasteiger charge is -2.15. The molecule has 0 saturated carbocycles. The lowest BCUT2D eigenvalue weighted by atomic mass is 10.1. The van der Waals surface area contributed by atoms with Gasteiger partial charge in [-0.05, 0) is 38.4 Å². The normalized spacial score (nSPS) is 11.1. The van der Waals surface area contributed by atoms with E-state index in [9.17, 15) is 4.39 Å². The van der Waals surface area contributed by atoms with E-state index in [0.717, 1.165) is 17.3 Å². The van der Waals surface area contributed by atoms with Gasteiger partial charge >= 0.3 is 0 Å². The van der Waals surface area contributed by atoms with E-state index in [4.69, 9.17) is 10.5 Å². The van der Waals surface area contributed by atoms with Crippen molar-refractivity contribution in [1.29, 1.82) is 0 Å². The Morgan fingerprint density at radius 3 is 2.81 bits per heavy atom. The van der Waals surface area contributed by atoms with Crippen LogP contribution in [0.3, 0.4) is 0 Å². The standard InChI is InChI=1S/C19H22FN5O/c1-25(2)8-7-22-19-14-10-17(21)23-11-12(14)9-15(24-19)13-5-4-6-16(26-3)18(13)20/h4-6,9-11H,7-8H2,1-3H3,(H2,21,23)(H,22,24). The van der Waals surface area contributed by atoms with Gasteiger partial charge in [0, 0.05) is 35.6 Å². The molecule has 0 fully saturated rings. The number of hydrogen-bond donors (Lipinski definition) is 2. The Bertz CT molecular complexity index is 929. The van der Waals surface area contributed by atoms with Crippen molar-refractivity contribution in [2.24, 2.45) is 0 Å². The van der Waals surface area contributed by atoms with Crippen molar-refractivity contribution in [3.05, 3.63) is 42.3 Å². The highest BCUT2D eigenvalue weighted by molar-refractivity contribution is 5.95. The lowest BCUT2D eigenvalue weighted by Crippen LogP contribution is -2.21. The molecule has 0 saturated heterocycles. The average molecular weight is 355 g/mol. The van der Waals surface area contributed by atoms with Crippen molar-refractivity contribution >= 4 is 22.4 Å². The molecular weight excluding hydrogens is 333 g/mol. The number of halogens is 1. The Morgan fingerprint density at radius 1 is 1.27 bits per heavy atom. The Balaban J connectivity index is 2.11. The van der Waals surface area contributed by atoms with E-state index in [1.165, 1.54) is 7.11 Å². The summed E-state index contributed by atoms with van der Waals surface area (Å²) in [6.07, 6.45) is 1.67. The van der Waals surface area contributed by atoms with Gasteiger partial charge in [0.2, 0.25) is 0 Å². The Labute approximate surface area is 151 Å². The zero-order valence-electron chi connectivity index (χ0n) is 15.1. The number of pyridine rings is 2. The van der Waals surface area contributed by atoms with Crippen LogP contribution in [-0.4, -0.2) is 49.2 Å². The number of aromatic nitrogens is 2. The zero-order valence-corrected chi connectivity index (χ0v) is 15.1. The van der Waals surface area contributed by atoms with Crippen LogP contribution in [0.4, 0.5) is 16.0 Å². The summed E-state index contributed by atoms with van der Waals surface area (Å²) in [7, 11) is 5.44. The van der Waals surface area contributed by atoms with E-state index in [2.05, 4.69) is 20.2 Å². The van der Waals surface area contributed by atoms with Gasteiger partial charge in [-0.3, -0.25) is 0 Å². The van der Waals surface area contributed by atoms with E-state index < -0.39 is 5.82 Å². The third-order valence-electron chi connectivity index (χ3n) is 4.05. The maximum atomic E-state index is 14.7. The fourth-order valence-electron chi connectivity index (χ4n) is 2.70. The number of benzene rings is 1. The molecule has 2 heterocycles. The first kappa shape index (κ1) is 17.9. The second-order valence-corrected chi connectivity index (χ2v) is 6.24. The maximum Gasteiger partial charge on any atom is 0.174 e. The van der Waals surface area contributed by atoms with Crippen LogP contribution in [-0.2, 0) is 0 Å². The third-order valence-corrected chi connectivity index (χ3v) is 4.05. The van der Waals surface area contributed by atoms with Gasteiger partial charge in [-0.1, -0.05) is 6.07 Å². The van der Waals surface area contributed by atoms with Crippen molar-refractivity contribution < 1.29 is 9.13 Å². The summed E-state index contributed by atoms with van der Waals surface area (Å²) < 4.78 is 19.8. The van der Waals surface area contributed by atoms with E-state index in [1.54, 1.807) is 36.5 Å². The minimum absolute atomic E-state index is 0.182. The number of nitrogens with one attached hydrogen (secondary N) is 1. The van der Waals surface area contributed by atoms with Crippen LogP contribution in [0.15, 0.2) is 36.5 Å². The highest BCUT2D eigenvalue weighted by atomic mass is 19.1. The minimum atomic E-state index is -0.440. The molecular formula is C19H22FN5O. The van der Waals surface area contributed by atoms with Crippen LogP contribution in [0.2, 0.25) is 0 Å². The van der Waals surface area contributed by atoms with Gasteiger partial charge in [-0.25, -0.2) is 14.4 Å². The SMILES string of the molecule is COc1cccc(-c2cc3cnc(N)cc3c(NCCN(C)C)n2)c1F. The highest BCUT2D eigenvalue weighted by Gasteiger charge is 2.14. The molecule has 0 aliphatic heterocycles. The average Bonchev–Trinajstić information content (AvgIpc) is 2.61. The van der Waals surface area contributed by atoms with Gasteiger partial charge in [0.15, 0.2) is 11.6 Å². The van der Waals surface area contributed by atoms with Gasteiger partial charge in [0.25, 0.3) is 0 Å². The van der Waals surface area contributed by atoms with E-state index in [-0.39, 0.29) is 5.75 Å². The molecule has 3 aromatic rings. The fourth-order valence-corrected chi connectivity index (χ4v) is 2.70. The molecule has 0 aliphatic rings. The predicted molar refractivity (Wildman–Crippen MR) is 103 cm³/mol. The molecule has 0 aliphatic carbocycles. The summed E-state index contributed by atoms with van der Waals surface area (Å²) in [5, 5.41) is 5.00. The van der Waals surface area contributed by atoms with Crippen LogP contribution in [0.5, 0.6) is 5.75 Å². The second-order valence-electron chi connectivity index (χ2n) is 6.24. The Hall–Kier alpha value is -2.93. The van der Waals surface area contributed by atoms with E-state index in [1.807, 2.05) is 14.1 Å². The summed E-state index contributed by atoms with van der Waals surface area (Å²) in [6.45, 7) is 1.53. The van der Waals surface area contributed by atoms with Gasteiger partial charge in [0.05, 0.1) is 12.8 Å². The number of nitrogens with two attached hydrogens (primary N) is 1. The first-order chi connectivity index (χ1) is 12.5. The Morgan fingerprint density at radius 2 is 2.08 bits per heavy atom. The summed E-state index contributed by atoms with van der Waals surface area (Å²) >= 11 is 0. The predicted octanol–water partition coefficient (Wildman–Crippen LogP) is 3.00. The van der Waals surface area contributed by atoms with Crippen molar-refractivity contribution in [2.45, 2.75) is 0 Å². The quantitative estimate of drug-likeness (QED) is 0.708. The largest absolute Gasteiger partial charge is 0.494 e. The van der Waals surface area contributed by atoms with Gasteiger partial charge in [0.1, 0.15) is 11.6 Å². The number of nitrogens with zero attached hydrogens (tertiary/aromatic N) is 3. The maximum absolute atomic E-state index is 14.7. The summed E-state index contributed by atoms with van der Waals surface area (Å²) in [5.74, 6) is 0.803. The topological polar surface area (TPSA) is 76.3 Å². The highest BCUT2D eigenvalue weighted by Crippen LogP contribution is 2.32. The molecule has 0 bridgehead atoms. The van der Waals surface area contributed by atoms with Crippen LogP contribution >= 0.6 is 0 Å². The monoisotopic (exact) mass is 355 g/mol. The first-order valence-electron chi connectivity index (χ1n) is 8.27. The molecule has 1 aromatic carbocycles. The number of methoxy groups -OCH3 is 1.